The van der Waals surface area contributed by atoms with Gasteiger partial charge in [-0.1, -0.05) is 37.3 Å². The molecule has 0 aromatic heterocycles. The van der Waals surface area contributed by atoms with Crippen LogP contribution in [0.4, 0.5) is 0 Å². The fourth-order valence-electron chi connectivity index (χ4n) is 2.78. The van der Waals surface area contributed by atoms with Crippen LogP contribution in [0.5, 0.6) is 0 Å². The SMILES string of the molecule is C[C@@H]1COC[C@H]2[C@@H]1CON2Cc1ccccc1. The molecule has 1 aromatic carbocycles. The molecule has 0 amide bonds. The molecule has 3 rings (SSSR count). The van der Waals surface area contributed by atoms with E-state index in [1.807, 2.05) is 6.07 Å². The molecule has 0 bridgehead atoms. The van der Waals surface area contributed by atoms with Crippen LogP contribution in [-0.2, 0) is 16.1 Å². The highest BCUT2D eigenvalue weighted by atomic mass is 16.7. The lowest BCUT2D eigenvalue weighted by molar-refractivity contribution is -0.153. The van der Waals surface area contributed by atoms with Crippen LogP contribution in [-0.4, -0.2) is 30.9 Å². The molecule has 0 N–H and O–H groups in total. The van der Waals surface area contributed by atoms with E-state index in [-0.39, 0.29) is 0 Å². The summed E-state index contributed by atoms with van der Waals surface area (Å²) < 4.78 is 5.64. The number of hydrogen-bond acceptors (Lipinski definition) is 3. The van der Waals surface area contributed by atoms with Crippen LogP contribution < -0.4 is 0 Å². The zero-order chi connectivity index (χ0) is 11.7. The molecule has 2 heterocycles. The molecule has 3 atom stereocenters. The van der Waals surface area contributed by atoms with Gasteiger partial charge >= 0.3 is 0 Å². The average Bonchev–Trinajstić information content (AvgIpc) is 2.76. The number of fused-ring (bicyclic) bond motifs is 1. The molecule has 92 valence electrons. The second kappa shape index (κ2) is 4.77. The zero-order valence-corrected chi connectivity index (χ0v) is 10.2. The van der Waals surface area contributed by atoms with E-state index in [1.54, 1.807) is 0 Å². The average molecular weight is 233 g/mol. The lowest BCUT2D eigenvalue weighted by atomic mass is 9.87. The minimum Gasteiger partial charge on any atom is -0.379 e. The monoisotopic (exact) mass is 233 g/mol. The fourth-order valence-corrected chi connectivity index (χ4v) is 2.78. The van der Waals surface area contributed by atoms with Crippen molar-refractivity contribution in [2.45, 2.75) is 19.5 Å². The predicted octanol–water partition coefficient (Wildman–Crippen LogP) is 2.08. The number of ether oxygens (including phenoxy) is 1. The summed E-state index contributed by atoms with van der Waals surface area (Å²) in [5.41, 5.74) is 1.30. The third-order valence-corrected chi connectivity index (χ3v) is 3.88. The quantitative estimate of drug-likeness (QED) is 0.780. The normalized spacial score (nSPS) is 33.6. The number of rotatable bonds is 2. The van der Waals surface area contributed by atoms with Gasteiger partial charge < -0.3 is 4.74 Å². The van der Waals surface area contributed by atoms with E-state index in [9.17, 15) is 0 Å². The van der Waals surface area contributed by atoms with Crippen LogP contribution in [0.3, 0.4) is 0 Å². The molecule has 3 heteroatoms. The van der Waals surface area contributed by atoms with Gasteiger partial charge in [0.25, 0.3) is 0 Å². The number of hydroxylamine groups is 2. The van der Waals surface area contributed by atoms with Crippen molar-refractivity contribution in [3.8, 4) is 0 Å². The predicted molar refractivity (Wildman–Crippen MR) is 65.2 cm³/mol. The summed E-state index contributed by atoms with van der Waals surface area (Å²) in [5, 5.41) is 2.11. The van der Waals surface area contributed by atoms with E-state index in [2.05, 4.69) is 36.3 Å². The van der Waals surface area contributed by atoms with Gasteiger partial charge in [0, 0.05) is 19.1 Å². The molecule has 1 aromatic rings. The molecule has 0 aliphatic carbocycles. The Morgan fingerprint density at radius 1 is 1.18 bits per heavy atom. The Morgan fingerprint density at radius 2 is 2.00 bits per heavy atom. The van der Waals surface area contributed by atoms with Crippen LogP contribution in [0, 0.1) is 11.8 Å². The largest absolute Gasteiger partial charge is 0.379 e. The topological polar surface area (TPSA) is 21.7 Å². The van der Waals surface area contributed by atoms with Gasteiger partial charge in [0.05, 0.1) is 19.3 Å². The lowest BCUT2D eigenvalue weighted by Crippen LogP contribution is -2.43. The van der Waals surface area contributed by atoms with E-state index < -0.39 is 0 Å². The van der Waals surface area contributed by atoms with Crippen LogP contribution in [0.2, 0.25) is 0 Å². The van der Waals surface area contributed by atoms with Crippen molar-refractivity contribution in [3.05, 3.63) is 35.9 Å². The molecular formula is C14H19NO2. The lowest BCUT2D eigenvalue weighted by Gasteiger charge is -2.33. The highest BCUT2D eigenvalue weighted by molar-refractivity contribution is 5.14. The van der Waals surface area contributed by atoms with Crippen molar-refractivity contribution in [3.63, 3.8) is 0 Å². The molecule has 0 saturated carbocycles. The van der Waals surface area contributed by atoms with Crippen LogP contribution in [0.15, 0.2) is 30.3 Å². The standard InChI is InChI=1S/C14H19NO2/c1-11-8-16-10-14-13(11)9-17-15(14)7-12-5-3-2-4-6-12/h2-6,11,13-14H,7-10H2,1H3/t11-,13-,14+/m1/s1. The summed E-state index contributed by atoms with van der Waals surface area (Å²) in [5.74, 6) is 1.24. The van der Waals surface area contributed by atoms with Gasteiger partial charge in [0.15, 0.2) is 0 Å². The van der Waals surface area contributed by atoms with Crippen LogP contribution in [0.1, 0.15) is 12.5 Å². The molecule has 2 aliphatic heterocycles. The Balaban J connectivity index is 1.69. The zero-order valence-electron chi connectivity index (χ0n) is 10.2. The second-order valence-electron chi connectivity index (χ2n) is 5.10. The Labute approximate surface area is 102 Å². The number of nitrogens with zero attached hydrogens (tertiary/aromatic N) is 1. The number of hydrogen-bond donors (Lipinski definition) is 0. The van der Waals surface area contributed by atoms with Crippen molar-refractivity contribution in [2.24, 2.45) is 11.8 Å². The molecule has 2 saturated heterocycles. The van der Waals surface area contributed by atoms with Gasteiger partial charge in [0.2, 0.25) is 0 Å². The third-order valence-electron chi connectivity index (χ3n) is 3.88. The first-order chi connectivity index (χ1) is 8.34. The summed E-state index contributed by atoms with van der Waals surface area (Å²) in [7, 11) is 0. The summed E-state index contributed by atoms with van der Waals surface area (Å²) >= 11 is 0. The highest BCUT2D eigenvalue weighted by Crippen LogP contribution is 2.32. The number of benzene rings is 1. The van der Waals surface area contributed by atoms with E-state index >= 15 is 0 Å². The van der Waals surface area contributed by atoms with E-state index in [1.165, 1.54) is 5.56 Å². The maximum Gasteiger partial charge on any atom is 0.0733 e. The minimum atomic E-state index is 0.430. The van der Waals surface area contributed by atoms with Crippen molar-refractivity contribution >= 4 is 0 Å². The van der Waals surface area contributed by atoms with Crippen molar-refractivity contribution in [1.29, 1.82) is 0 Å². The second-order valence-corrected chi connectivity index (χ2v) is 5.10. The smallest absolute Gasteiger partial charge is 0.0733 e. The van der Waals surface area contributed by atoms with Gasteiger partial charge in [-0.05, 0) is 11.5 Å². The van der Waals surface area contributed by atoms with E-state index in [0.717, 1.165) is 26.4 Å². The van der Waals surface area contributed by atoms with Crippen LogP contribution in [0.25, 0.3) is 0 Å². The minimum absolute atomic E-state index is 0.430. The molecule has 0 spiro atoms. The first-order valence-corrected chi connectivity index (χ1v) is 6.36. The van der Waals surface area contributed by atoms with Gasteiger partial charge in [0.1, 0.15) is 0 Å². The Kier molecular flexibility index (Phi) is 3.14. The summed E-state index contributed by atoms with van der Waals surface area (Å²) in [4.78, 5) is 5.83. The molecule has 17 heavy (non-hydrogen) atoms. The Morgan fingerprint density at radius 3 is 2.82 bits per heavy atom. The highest BCUT2D eigenvalue weighted by Gasteiger charge is 2.41. The Hall–Kier alpha value is -0.900. The fraction of sp³-hybridized carbons (Fsp3) is 0.571. The maximum absolute atomic E-state index is 5.83. The van der Waals surface area contributed by atoms with Gasteiger partial charge in [-0.25, -0.2) is 0 Å². The molecule has 2 aliphatic rings. The molecule has 0 radical (unpaired) electrons. The van der Waals surface area contributed by atoms with Gasteiger partial charge in [-0.15, -0.1) is 0 Å². The summed E-state index contributed by atoms with van der Waals surface area (Å²) in [6, 6.07) is 10.9. The molecular weight excluding hydrogens is 214 g/mol. The Bertz CT molecular complexity index is 368. The van der Waals surface area contributed by atoms with Crippen molar-refractivity contribution in [2.75, 3.05) is 19.8 Å². The molecule has 2 fully saturated rings. The van der Waals surface area contributed by atoms with Gasteiger partial charge in [-0.3, -0.25) is 4.84 Å². The third kappa shape index (κ3) is 2.23. The van der Waals surface area contributed by atoms with Gasteiger partial charge in [-0.2, -0.15) is 5.06 Å². The summed E-state index contributed by atoms with van der Waals surface area (Å²) in [6.07, 6.45) is 0. The maximum atomic E-state index is 5.83. The van der Waals surface area contributed by atoms with Crippen LogP contribution >= 0.6 is 0 Å². The molecule has 3 nitrogen and oxygen atoms in total. The first kappa shape index (κ1) is 11.2. The summed E-state index contributed by atoms with van der Waals surface area (Å²) in [6.45, 7) is 5.65. The van der Waals surface area contributed by atoms with E-state index in [0.29, 0.717) is 17.9 Å². The molecule has 0 unspecified atom stereocenters. The first-order valence-electron chi connectivity index (χ1n) is 6.36. The van der Waals surface area contributed by atoms with Crippen molar-refractivity contribution in [1.82, 2.24) is 5.06 Å². The van der Waals surface area contributed by atoms with Crippen molar-refractivity contribution < 1.29 is 9.57 Å². The van der Waals surface area contributed by atoms with E-state index in [4.69, 9.17) is 9.57 Å².